The minimum atomic E-state index is 0.822. The van der Waals surface area contributed by atoms with Gasteiger partial charge in [-0.05, 0) is 24.1 Å². The van der Waals surface area contributed by atoms with E-state index < -0.39 is 0 Å². The Morgan fingerprint density at radius 2 is 1.81 bits per heavy atom. The Balaban J connectivity index is 1.93. The predicted octanol–water partition coefficient (Wildman–Crippen LogP) is 2.74. The lowest BCUT2D eigenvalue weighted by molar-refractivity contribution is 0.414. The Morgan fingerprint density at radius 3 is 2.43 bits per heavy atom. The Labute approximate surface area is 125 Å². The van der Waals surface area contributed by atoms with Crippen molar-refractivity contribution in [2.24, 2.45) is 0 Å². The first kappa shape index (κ1) is 15.1. The Bertz CT molecular complexity index is 547. The van der Waals surface area contributed by atoms with Gasteiger partial charge in [-0.15, -0.1) is 0 Å². The molecule has 0 saturated heterocycles. The highest BCUT2D eigenvalue weighted by Gasteiger charge is 2.02. The number of hydrogen-bond donors (Lipinski definition) is 2. The zero-order valence-corrected chi connectivity index (χ0v) is 12.8. The third-order valence-corrected chi connectivity index (χ3v) is 3.22. The molecular formula is C16H22N4O. The van der Waals surface area contributed by atoms with E-state index >= 15 is 0 Å². The van der Waals surface area contributed by atoms with E-state index in [4.69, 9.17) is 4.74 Å². The SMILES string of the molecule is CCc1nc(NC)cc(NCCc2ccc(OC)cc2)n1. The van der Waals surface area contributed by atoms with Crippen LogP contribution < -0.4 is 15.4 Å². The van der Waals surface area contributed by atoms with Crippen LogP contribution in [0.3, 0.4) is 0 Å². The van der Waals surface area contributed by atoms with Gasteiger partial charge in [0.05, 0.1) is 7.11 Å². The molecule has 112 valence electrons. The molecule has 5 nitrogen and oxygen atoms in total. The first-order valence-corrected chi connectivity index (χ1v) is 7.17. The van der Waals surface area contributed by atoms with Gasteiger partial charge in [0.15, 0.2) is 0 Å². The third kappa shape index (κ3) is 4.34. The number of benzene rings is 1. The molecule has 2 N–H and O–H groups in total. The average molecular weight is 286 g/mol. The Hall–Kier alpha value is -2.30. The number of aryl methyl sites for hydroxylation is 1. The molecule has 0 aliphatic heterocycles. The van der Waals surface area contributed by atoms with Crippen molar-refractivity contribution in [2.45, 2.75) is 19.8 Å². The van der Waals surface area contributed by atoms with Crippen LogP contribution in [0.4, 0.5) is 11.6 Å². The number of aromatic nitrogens is 2. The highest BCUT2D eigenvalue weighted by Crippen LogP contribution is 2.13. The maximum Gasteiger partial charge on any atom is 0.132 e. The van der Waals surface area contributed by atoms with Crippen LogP contribution in [0.1, 0.15) is 18.3 Å². The Morgan fingerprint density at radius 1 is 1.10 bits per heavy atom. The van der Waals surface area contributed by atoms with Gasteiger partial charge in [-0.1, -0.05) is 19.1 Å². The number of methoxy groups -OCH3 is 1. The maximum absolute atomic E-state index is 5.15. The van der Waals surface area contributed by atoms with Gasteiger partial charge in [0.1, 0.15) is 23.2 Å². The normalized spacial score (nSPS) is 10.2. The van der Waals surface area contributed by atoms with E-state index in [2.05, 4.69) is 39.7 Å². The molecule has 2 aromatic rings. The molecule has 0 atom stereocenters. The monoisotopic (exact) mass is 286 g/mol. The van der Waals surface area contributed by atoms with Crippen molar-refractivity contribution in [3.8, 4) is 5.75 Å². The molecule has 2 rings (SSSR count). The van der Waals surface area contributed by atoms with Crippen molar-refractivity contribution in [1.82, 2.24) is 9.97 Å². The van der Waals surface area contributed by atoms with Crippen LogP contribution in [0.2, 0.25) is 0 Å². The van der Waals surface area contributed by atoms with E-state index in [1.807, 2.05) is 25.2 Å². The molecular weight excluding hydrogens is 264 g/mol. The number of anilines is 2. The van der Waals surface area contributed by atoms with Crippen molar-refractivity contribution in [2.75, 3.05) is 31.3 Å². The van der Waals surface area contributed by atoms with Gasteiger partial charge in [-0.2, -0.15) is 0 Å². The Kier molecular flexibility index (Phi) is 5.37. The smallest absolute Gasteiger partial charge is 0.132 e. The molecule has 0 spiro atoms. The lowest BCUT2D eigenvalue weighted by Gasteiger charge is -2.09. The van der Waals surface area contributed by atoms with E-state index in [0.29, 0.717) is 0 Å². The molecule has 21 heavy (non-hydrogen) atoms. The van der Waals surface area contributed by atoms with Gasteiger partial charge in [0.25, 0.3) is 0 Å². The molecule has 0 aliphatic carbocycles. The van der Waals surface area contributed by atoms with Crippen molar-refractivity contribution in [3.05, 3.63) is 41.7 Å². The quantitative estimate of drug-likeness (QED) is 0.819. The number of hydrogen-bond acceptors (Lipinski definition) is 5. The highest BCUT2D eigenvalue weighted by atomic mass is 16.5. The standard InChI is InChI=1S/C16H22N4O/c1-4-14-19-15(17-2)11-16(20-14)18-10-9-12-5-7-13(21-3)8-6-12/h5-8,11H,4,9-10H2,1-3H3,(H2,17,18,19,20). The van der Waals surface area contributed by atoms with Gasteiger partial charge in [-0.25, -0.2) is 9.97 Å². The molecule has 1 aromatic carbocycles. The highest BCUT2D eigenvalue weighted by molar-refractivity contribution is 5.47. The summed E-state index contributed by atoms with van der Waals surface area (Å²) in [5.74, 6) is 3.43. The van der Waals surface area contributed by atoms with E-state index in [1.165, 1.54) is 5.56 Å². The first-order valence-electron chi connectivity index (χ1n) is 7.17. The zero-order valence-electron chi connectivity index (χ0n) is 12.8. The van der Waals surface area contributed by atoms with E-state index in [-0.39, 0.29) is 0 Å². The molecule has 0 amide bonds. The van der Waals surface area contributed by atoms with Crippen LogP contribution in [0, 0.1) is 0 Å². The van der Waals surface area contributed by atoms with Crippen LogP contribution in [0.25, 0.3) is 0 Å². The van der Waals surface area contributed by atoms with Crippen LogP contribution in [0.15, 0.2) is 30.3 Å². The second-order valence-corrected chi connectivity index (χ2v) is 4.68. The minimum absolute atomic E-state index is 0.822. The topological polar surface area (TPSA) is 59.1 Å². The summed E-state index contributed by atoms with van der Waals surface area (Å²) in [6.07, 6.45) is 1.76. The summed E-state index contributed by atoms with van der Waals surface area (Å²) in [5.41, 5.74) is 1.27. The lowest BCUT2D eigenvalue weighted by atomic mass is 10.1. The number of ether oxygens (including phenoxy) is 1. The lowest BCUT2D eigenvalue weighted by Crippen LogP contribution is -2.09. The van der Waals surface area contributed by atoms with Crippen molar-refractivity contribution >= 4 is 11.6 Å². The molecule has 0 unspecified atom stereocenters. The van der Waals surface area contributed by atoms with Crippen LogP contribution in [-0.4, -0.2) is 30.7 Å². The van der Waals surface area contributed by atoms with Crippen LogP contribution in [-0.2, 0) is 12.8 Å². The fraction of sp³-hybridized carbons (Fsp3) is 0.375. The summed E-state index contributed by atoms with van der Waals surface area (Å²) in [6, 6.07) is 10.0. The van der Waals surface area contributed by atoms with Gasteiger partial charge in [0, 0.05) is 26.1 Å². The summed E-state index contributed by atoms with van der Waals surface area (Å²) < 4.78 is 5.15. The van der Waals surface area contributed by atoms with Crippen LogP contribution in [0.5, 0.6) is 5.75 Å². The average Bonchev–Trinajstić information content (AvgIpc) is 2.55. The summed E-state index contributed by atoms with van der Waals surface area (Å²) in [6.45, 7) is 2.88. The molecule has 0 aliphatic rings. The maximum atomic E-state index is 5.15. The second-order valence-electron chi connectivity index (χ2n) is 4.68. The van der Waals surface area contributed by atoms with Gasteiger partial charge in [0.2, 0.25) is 0 Å². The molecule has 0 fully saturated rings. The van der Waals surface area contributed by atoms with Gasteiger partial charge in [-0.3, -0.25) is 0 Å². The number of nitrogens with zero attached hydrogens (tertiary/aromatic N) is 2. The van der Waals surface area contributed by atoms with Gasteiger partial charge >= 0.3 is 0 Å². The summed E-state index contributed by atoms with van der Waals surface area (Å²) in [4.78, 5) is 8.86. The van der Waals surface area contributed by atoms with Crippen molar-refractivity contribution in [3.63, 3.8) is 0 Å². The van der Waals surface area contributed by atoms with Gasteiger partial charge < -0.3 is 15.4 Å². The number of rotatable bonds is 7. The molecule has 5 heteroatoms. The number of nitrogens with one attached hydrogen (secondary N) is 2. The summed E-state index contributed by atoms with van der Waals surface area (Å²) in [5, 5.41) is 6.41. The van der Waals surface area contributed by atoms with E-state index in [1.54, 1.807) is 7.11 Å². The van der Waals surface area contributed by atoms with E-state index in [0.717, 1.165) is 42.6 Å². The second kappa shape index (κ2) is 7.47. The third-order valence-electron chi connectivity index (χ3n) is 3.22. The van der Waals surface area contributed by atoms with Crippen LogP contribution >= 0.6 is 0 Å². The predicted molar refractivity (Wildman–Crippen MR) is 86.1 cm³/mol. The van der Waals surface area contributed by atoms with E-state index in [9.17, 15) is 0 Å². The summed E-state index contributed by atoms with van der Waals surface area (Å²) >= 11 is 0. The molecule has 0 radical (unpaired) electrons. The fourth-order valence-corrected chi connectivity index (χ4v) is 2.00. The van der Waals surface area contributed by atoms with Crippen molar-refractivity contribution in [1.29, 1.82) is 0 Å². The minimum Gasteiger partial charge on any atom is -0.497 e. The molecule has 1 heterocycles. The first-order chi connectivity index (χ1) is 10.2. The molecule has 0 saturated carbocycles. The largest absolute Gasteiger partial charge is 0.497 e. The molecule has 1 aromatic heterocycles. The summed E-state index contributed by atoms with van der Waals surface area (Å²) in [7, 11) is 3.54. The van der Waals surface area contributed by atoms with Crippen molar-refractivity contribution < 1.29 is 4.74 Å². The molecule has 0 bridgehead atoms. The zero-order chi connectivity index (χ0) is 15.1. The fourth-order valence-electron chi connectivity index (χ4n) is 2.00.